The fourth-order valence-electron chi connectivity index (χ4n) is 4.14. The minimum Gasteiger partial charge on any atom is -0.462 e. The Hall–Kier alpha value is -3.16. The fraction of sp³-hybridized carbons (Fsp3) is 0.240. The summed E-state index contributed by atoms with van der Waals surface area (Å²) < 4.78 is 10.8. The summed E-state index contributed by atoms with van der Waals surface area (Å²) in [6.07, 6.45) is 3.86. The first-order chi connectivity index (χ1) is 16.0. The van der Waals surface area contributed by atoms with Crippen LogP contribution >= 0.6 is 22.9 Å². The van der Waals surface area contributed by atoms with E-state index in [2.05, 4.69) is 10.5 Å². The Morgan fingerprint density at radius 1 is 1.15 bits per heavy atom. The molecule has 0 radical (unpaired) electrons. The molecule has 0 aliphatic heterocycles. The molecule has 2 aromatic carbocycles. The number of carbonyl (C=O) groups excluding carboxylic acids is 2. The summed E-state index contributed by atoms with van der Waals surface area (Å²) in [5.74, 6) is -0.119. The highest BCUT2D eigenvalue weighted by Gasteiger charge is 2.27. The van der Waals surface area contributed by atoms with Crippen molar-refractivity contribution in [1.82, 2.24) is 5.16 Å². The smallest absolute Gasteiger partial charge is 0.341 e. The normalized spacial score (nSPS) is 13.0. The molecule has 2 aromatic heterocycles. The molecule has 0 unspecified atom stereocenters. The number of aromatic nitrogens is 1. The number of esters is 1. The molecule has 168 valence electrons. The first-order valence-electron chi connectivity index (χ1n) is 10.8. The molecular weight excluding hydrogens is 460 g/mol. The lowest BCUT2D eigenvalue weighted by molar-refractivity contribution is 0.0526. The number of fused-ring (bicyclic) bond motifs is 2. The van der Waals surface area contributed by atoms with Crippen LogP contribution in [0.15, 0.2) is 47.0 Å². The van der Waals surface area contributed by atoms with Crippen LogP contribution in [0.5, 0.6) is 0 Å². The van der Waals surface area contributed by atoms with Gasteiger partial charge >= 0.3 is 5.97 Å². The number of anilines is 1. The highest BCUT2D eigenvalue weighted by Crippen LogP contribution is 2.39. The molecule has 0 fully saturated rings. The fourth-order valence-corrected chi connectivity index (χ4v) is 5.54. The van der Waals surface area contributed by atoms with Crippen LogP contribution in [0.2, 0.25) is 5.02 Å². The Morgan fingerprint density at radius 2 is 1.94 bits per heavy atom. The molecule has 1 aliphatic rings. The van der Waals surface area contributed by atoms with Crippen molar-refractivity contribution in [3.8, 4) is 11.3 Å². The van der Waals surface area contributed by atoms with Crippen LogP contribution in [0.3, 0.4) is 0 Å². The van der Waals surface area contributed by atoms with E-state index in [1.807, 2.05) is 12.1 Å². The molecule has 0 spiro atoms. The number of hydrogen-bond donors (Lipinski definition) is 1. The standard InChI is InChI=1S/C25H21ClN2O4S/c1-2-31-25(30)21-17-5-3-4-6-20(17)33-24(21)27-23(29)15-9-12-19-18(13-15)22(32-28-19)14-7-10-16(26)11-8-14/h7-13H,2-6H2,1H3,(H,27,29). The monoisotopic (exact) mass is 480 g/mol. The third kappa shape index (κ3) is 4.14. The topological polar surface area (TPSA) is 81.4 Å². The van der Waals surface area contributed by atoms with Crippen molar-refractivity contribution in [2.75, 3.05) is 11.9 Å². The van der Waals surface area contributed by atoms with E-state index in [1.165, 1.54) is 11.3 Å². The van der Waals surface area contributed by atoms with Crippen molar-refractivity contribution >= 4 is 50.7 Å². The molecule has 5 rings (SSSR count). The van der Waals surface area contributed by atoms with Gasteiger partial charge in [-0.1, -0.05) is 16.8 Å². The SMILES string of the molecule is CCOC(=O)c1c(NC(=O)c2ccc3noc(-c4ccc(Cl)cc4)c3c2)sc2c1CCCC2. The van der Waals surface area contributed by atoms with Crippen LogP contribution in [-0.4, -0.2) is 23.6 Å². The van der Waals surface area contributed by atoms with Gasteiger partial charge in [0.05, 0.1) is 17.6 Å². The van der Waals surface area contributed by atoms with E-state index in [0.717, 1.165) is 47.1 Å². The van der Waals surface area contributed by atoms with E-state index in [-0.39, 0.29) is 18.5 Å². The van der Waals surface area contributed by atoms with E-state index < -0.39 is 0 Å². The number of halogens is 1. The highest BCUT2D eigenvalue weighted by atomic mass is 35.5. The van der Waals surface area contributed by atoms with Crippen LogP contribution in [0.4, 0.5) is 5.00 Å². The van der Waals surface area contributed by atoms with Gasteiger partial charge in [-0.15, -0.1) is 11.3 Å². The number of thiophene rings is 1. The summed E-state index contributed by atoms with van der Waals surface area (Å²) in [7, 11) is 0. The van der Waals surface area contributed by atoms with Gasteiger partial charge in [-0.3, -0.25) is 4.79 Å². The number of aryl methyl sites for hydroxylation is 1. The average Bonchev–Trinajstić information content (AvgIpc) is 3.40. The summed E-state index contributed by atoms with van der Waals surface area (Å²) in [6.45, 7) is 2.07. The summed E-state index contributed by atoms with van der Waals surface area (Å²) >= 11 is 7.47. The molecular formula is C25H21ClN2O4S. The van der Waals surface area contributed by atoms with Crippen molar-refractivity contribution in [3.05, 3.63) is 69.1 Å². The number of carbonyl (C=O) groups is 2. The van der Waals surface area contributed by atoms with E-state index in [9.17, 15) is 9.59 Å². The second kappa shape index (κ2) is 9.00. The van der Waals surface area contributed by atoms with Gasteiger partial charge in [0.15, 0.2) is 5.76 Å². The summed E-state index contributed by atoms with van der Waals surface area (Å²) in [5, 5.41) is 8.96. The lowest BCUT2D eigenvalue weighted by atomic mass is 9.95. The maximum absolute atomic E-state index is 13.2. The molecule has 0 bridgehead atoms. The number of nitrogens with zero attached hydrogens (tertiary/aromatic N) is 1. The molecule has 0 atom stereocenters. The third-order valence-corrected chi connectivity index (χ3v) is 7.18. The molecule has 6 nitrogen and oxygen atoms in total. The van der Waals surface area contributed by atoms with E-state index in [1.54, 1.807) is 37.3 Å². The van der Waals surface area contributed by atoms with Crippen molar-refractivity contribution in [2.24, 2.45) is 0 Å². The van der Waals surface area contributed by atoms with Gasteiger partial charge in [-0.25, -0.2) is 4.79 Å². The van der Waals surface area contributed by atoms with Gasteiger partial charge in [0, 0.05) is 21.0 Å². The van der Waals surface area contributed by atoms with Crippen LogP contribution in [0.25, 0.3) is 22.2 Å². The maximum atomic E-state index is 13.2. The quantitative estimate of drug-likeness (QED) is 0.329. The molecule has 1 amide bonds. The van der Waals surface area contributed by atoms with Gasteiger partial charge in [-0.2, -0.15) is 0 Å². The van der Waals surface area contributed by atoms with Crippen molar-refractivity contribution in [3.63, 3.8) is 0 Å². The Kier molecular flexibility index (Phi) is 5.91. The van der Waals surface area contributed by atoms with Crippen molar-refractivity contribution < 1.29 is 18.8 Å². The summed E-state index contributed by atoms with van der Waals surface area (Å²) in [5.41, 5.74) is 3.42. The molecule has 33 heavy (non-hydrogen) atoms. The summed E-state index contributed by atoms with van der Waals surface area (Å²) in [6, 6.07) is 12.4. The van der Waals surface area contributed by atoms with Gasteiger partial charge in [-0.05, 0) is 80.6 Å². The molecule has 0 saturated carbocycles. The zero-order valence-corrected chi connectivity index (χ0v) is 19.5. The number of amides is 1. The predicted molar refractivity (Wildman–Crippen MR) is 129 cm³/mol. The second-order valence-electron chi connectivity index (χ2n) is 7.84. The van der Waals surface area contributed by atoms with Gasteiger partial charge < -0.3 is 14.6 Å². The largest absolute Gasteiger partial charge is 0.462 e. The predicted octanol–water partition coefficient (Wildman–Crippen LogP) is 6.52. The lowest BCUT2D eigenvalue weighted by Gasteiger charge is -2.12. The number of nitrogens with one attached hydrogen (secondary N) is 1. The van der Waals surface area contributed by atoms with Gasteiger partial charge in [0.1, 0.15) is 10.5 Å². The van der Waals surface area contributed by atoms with E-state index >= 15 is 0 Å². The van der Waals surface area contributed by atoms with Gasteiger partial charge in [0.25, 0.3) is 5.91 Å². The minimum atomic E-state index is -0.383. The van der Waals surface area contributed by atoms with Gasteiger partial charge in [0.2, 0.25) is 0 Å². The number of hydrogen-bond acceptors (Lipinski definition) is 6. The summed E-state index contributed by atoms with van der Waals surface area (Å²) in [4.78, 5) is 27.0. The molecule has 0 saturated heterocycles. The Bertz CT molecular complexity index is 1360. The zero-order chi connectivity index (χ0) is 22.9. The number of benzene rings is 2. The first kappa shape index (κ1) is 21.7. The lowest BCUT2D eigenvalue weighted by Crippen LogP contribution is -2.15. The van der Waals surface area contributed by atoms with E-state index in [0.29, 0.717) is 32.4 Å². The molecule has 2 heterocycles. The zero-order valence-electron chi connectivity index (χ0n) is 17.9. The second-order valence-corrected chi connectivity index (χ2v) is 9.38. The third-order valence-electron chi connectivity index (χ3n) is 5.72. The van der Waals surface area contributed by atoms with Crippen molar-refractivity contribution in [1.29, 1.82) is 0 Å². The van der Waals surface area contributed by atoms with E-state index in [4.69, 9.17) is 20.9 Å². The Labute approximate surface area is 199 Å². The molecule has 4 aromatic rings. The van der Waals surface area contributed by atoms with Crippen molar-refractivity contribution in [2.45, 2.75) is 32.6 Å². The number of rotatable bonds is 5. The maximum Gasteiger partial charge on any atom is 0.341 e. The Morgan fingerprint density at radius 3 is 2.73 bits per heavy atom. The minimum absolute atomic E-state index is 0.286. The first-order valence-corrected chi connectivity index (χ1v) is 12.0. The highest BCUT2D eigenvalue weighted by molar-refractivity contribution is 7.17. The van der Waals surface area contributed by atoms with Crippen LogP contribution in [0.1, 0.15) is 50.9 Å². The molecule has 1 N–H and O–H groups in total. The number of ether oxygens (including phenoxy) is 1. The molecule has 8 heteroatoms. The van der Waals surface area contributed by atoms with Crippen LogP contribution in [-0.2, 0) is 17.6 Å². The van der Waals surface area contributed by atoms with Crippen LogP contribution in [0, 0.1) is 0 Å². The Balaban J connectivity index is 1.49. The molecule has 1 aliphatic carbocycles. The van der Waals surface area contributed by atoms with Crippen LogP contribution < -0.4 is 5.32 Å². The average molecular weight is 481 g/mol.